The van der Waals surface area contributed by atoms with Crippen LogP contribution in [0, 0.1) is 0 Å². The zero-order chi connectivity index (χ0) is 15.8. The van der Waals surface area contributed by atoms with E-state index in [-0.39, 0.29) is 5.48 Å². The van der Waals surface area contributed by atoms with Gasteiger partial charge in [-0.15, -0.1) is 0 Å². The molecule has 0 aromatic heterocycles. The molecular formula is C10H16O10. The molecule has 0 saturated carbocycles. The van der Waals surface area contributed by atoms with Gasteiger partial charge in [0.05, 0.1) is 7.11 Å². The molecule has 20 heavy (non-hydrogen) atoms. The van der Waals surface area contributed by atoms with Crippen LogP contribution in [-0.4, -0.2) is 64.0 Å². The molecule has 0 radical (unpaired) electrons. The molecule has 0 heterocycles. The average Bonchev–Trinajstić information content (AvgIpc) is 2.36. The highest BCUT2D eigenvalue weighted by molar-refractivity contribution is 5.90. The third-order valence-electron chi connectivity index (χ3n) is 0.932. The molecule has 0 aliphatic carbocycles. The number of carbonyl (C=O) groups is 4. The van der Waals surface area contributed by atoms with Crippen LogP contribution < -0.4 is 0 Å². The van der Waals surface area contributed by atoms with Crippen LogP contribution in [0.4, 0.5) is 0 Å². The van der Waals surface area contributed by atoms with Crippen molar-refractivity contribution in [2.24, 2.45) is 0 Å². The summed E-state index contributed by atoms with van der Waals surface area (Å²) in [6.45, 7) is 0. The number of aliphatic carboxylic acids is 3. The maximum atomic E-state index is 10.1. The van der Waals surface area contributed by atoms with Gasteiger partial charge in [0, 0.05) is 31.4 Å². The first kappa shape index (κ1) is 26.0. The van der Waals surface area contributed by atoms with E-state index in [1.54, 1.807) is 0 Å². The number of esters is 1. The molecule has 116 valence electrons. The summed E-state index contributed by atoms with van der Waals surface area (Å²) in [5.41, 5.74) is 0. The number of methoxy groups -OCH3 is 1. The number of aliphatic hydroxyl groups is 1. The Morgan fingerprint density at radius 3 is 1.20 bits per heavy atom. The molecule has 0 saturated heterocycles. The van der Waals surface area contributed by atoms with Crippen LogP contribution in [-0.2, 0) is 23.9 Å². The van der Waals surface area contributed by atoms with Crippen molar-refractivity contribution in [3.63, 3.8) is 0 Å². The second-order valence-corrected chi connectivity index (χ2v) is 2.20. The van der Waals surface area contributed by atoms with E-state index in [9.17, 15) is 19.2 Å². The topological polar surface area (TPSA) is 190 Å². The summed E-state index contributed by atoms with van der Waals surface area (Å²) in [5.74, 6) is -4.35. The van der Waals surface area contributed by atoms with Crippen molar-refractivity contribution in [1.29, 1.82) is 0 Å². The second-order valence-electron chi connectivity index (χ2n) is 2.20. The highest BCUT2D eigenvalue weighted by Crippen LogP contribution is 1.76. The molecular weight excluding hydrogens is 280 g/mol. The summed E-state index contributed by atoms with van der Waals surface area (Å²) in [6, 6.07) is 0. The minimum Gasteiger partial charge on any atom is -0.478 e. The zero-order valence-electron chi connectivity index (χ0n) is 10.6. The molecule has 0 aromatic carbocycles. The Kier molecular flexibility index (Phi) is 24.2. The number of rotatable bonds is 4. The fourth-order valence-corrected chi connectivity index (χ4v) is 0.350. The summed E-state index contributed by atoms with van der Waals surface area (Å²) in [7, 11) is 2.18. The summed E-state index contributed by atoms with van der Waals surface area (Å²) in [4.78, 5) is 39.0. The van der Waals surface area contributed by atoms with E-state index in [4.69, 9.17) is 20.4 Å². The maximum absolute atomic E-state index is 10.1. The summed E-state index contributed by atoms with van der Waals surface area (Å²) < 4.78 is 4.11. The van der Waals surface area contributed by atoms with Gasteiger partial charge in [-0.3, -0.25) is 0 Å². The van der Waals surface area contributed by atoms with Gasteiger partial charge in [0.1, 0.15) is 0 Å². The first-order valence-corrected chi connectivity index (χ1v) is 4.37. The normalized spacial score (nSPS) is 8.35. The fraction of sp³-hybridized carbons (Fsp3) is 0.200. The first-order valence-electron chi connectivity index (χ1n) is 4.37. The van der Waals surface area contributed by atoms with Crippen molar-refractivity contribution in [3.05, 3.63) is 24.3 Å². The van der Waals surface area contributed by atoms with Crippen LogP contribution in [0.3, 0.4) is 0 Å². The van der Waals surface area contributed by atoms with Gasteiger partial charge >= 0.3 is 23.9 Å². The molecule has 0 aromatic rings. The average molecular weight is 296 g/mol. The van der Waals surface area contributed by atoms with Crippen molar-refractivity contribution in [2.75, 3.05) is 14.2 Å². The predicted molar refractivity (Wildman–Crippen MR) is 65.0 cm³/mol. The lowest BCUT2D eigenvalue weighted by Gasteiger charge is -1.85. The lowest BCUT2D eigenvalue weighted by molar-refractivity contribution is -0.136. The van der Waals surface area contributed by atoms with Crippen LogP contribution in [0.25, 0.3) is 0 Å². The Morgan fingerprint density at radius 1 is 0.750 bits per heavy atom. The van der Waals surface area contributed by atoms with Gasteiger partial charge in [-0.05, 0) is 0 Å². The van der Waals surface area contributed by atoms with Crippen molar-refractivity contribution in [3.8, 4) is 0 Å². The first-order chi connectivity index (χ1) is 8.79. The Balaban J connectivity index is -0.000000109. The lowest BCUT2D eigenvalue weighted by Crippen LogP contribution is -1.96. The fourth-order valence-electron chi connectivity index (χ4n) is 0.350. The van der Waals surface area contributed by atoms with Crippen molar-refractivity contribution in [2.45, 2.75) is 0 Å². The predicted octanol–water partition coefficient (Wildman–Crippen LogP) is -1.70. The van der Waals surface area contributed by atoms with Gasteiger partial charge < -0.3 is 30.6 Å². The highest BCUT2D eigenvalue weighted by Gasteiger charge is 1.91. The van der Waals surface area contributed by atoms with Gasteiger partial charge in [-0.2, -0.15) is 0 Å². The number of carboxylic acids is 3. The molecule has 0 rings (SSSR count). The molecule has 10 heteroatoms. The van der Waals surface area contributed by atoms with Crippen LogP contribution >= 0.6 is 0 Å². The Hall–Kier alpha value is -2.72. The SMILES string of the molecule is CO.COC(=O)/C=C\C(=O)O.O.O=C(O)/C=C\C(=O)O. The number of hydrogen-bond acceptors (Lipinski definition) is 6. The van der Waals surface area contributed by atoms with Gasteiger partial charge in [-0.1, -0.05) is 0 Å². The van der Waals surface area contributed by atoms with E-state index in [0.717, 1.165) is 13.2 Å². The number of ether oxygens (including phenoxy) is 1. The highest BCUT2D eigenvalue weighted by atomic mass is 16.5. The number of hydrogen-bond donors (Lipinski definition) is 4. The zero-order valence-corrected chi connectivity index (χ0v) is 10.6. The molecule has 0 unspecified atom stereocenters. The molecule has 0 amide bonds. The van der Waals surface area contributed by atoms with Gasteiger partial charge in [0.15, 0.2) is 0 Å². The van der Waals surface area contributed by atoms with Crippen molar-refractivity contribution >= 4 is 23.9 Å². The van der Waals surface area contributed by atoms with Gasteiger partial charge in [0.2, 0.25) is 0 Å². The summed E-state index contributed by atoms with van der Waals surface area (Å²) in [6.07, 6.45) is 2.67. The number of carboxylic acid groups (broad SMARTS) is 3. The van der Waals surface area contributed by atoms with Crippen LogP contribution in [0.2, 0.25) is 0 Å². The second kappa shape index (κ2) is 18.6. The minimum absolute atomic E-state index is 0. The van der Waals surface area contributed by atoms with E-state index >= 15 is 0 Å². The molecule has 10 nitrogen and oxygen atoms in total. The monoisotopic (exact) mass is 296 g/mol. The standard InChI is InChI=1S/C5H6O4.C4H4O4.CH4O.H2O/c1-9-5(8)3-2-4(6)7;5-3(6)1-2-4(7)8;1-2;/h2-3H,1H3,(H,6,7);1-2H,(H,5,6)(H,7,8);2H,1H3;1H2/b3-2-;2-1-;;. The smallest absolute Gasteiger partial charge is 0.330 e. The molecule has 0 bridgehead atoms. The van der Waals surface area contributed by atoms with Crippen LogP contribution in [0.5, 0.6) is 0 Å². The van der Waals surface area contributed by atoms with E-state index in [0.29, 0.717) is 18.2 Å². The molecule has 0 aliphatic rings. The third-order valence-corrected chi connectivity index (χ3v) is 0.932. The van der Waals surface area contributed by atoms with Crippen molar-refractivity contribution in [1.82, 2.24) is 0 Å². The van der Waals surface area contributed by atoms with E-state index < -0.39 is 23.9 Å². The summed E-state index contributed by atoms with van der Waals surface area (Å²) >= 11 is 0. The maximum Gasteiger partial charge on any atom is 0.330 e. The largest absolute Gasteiger partial charge is 0.478 e. The van der Waals surface area contributed by atoms with E-state index in [1.165, 1.54) is 7.11 Å². The molecule has 0 spiro atoms. The van der Waals surface area contributed by atoms with Gasteiger partial charge in [-0.25, -0.2) is 19.2 Å². The van der Waals surface area contributed by atoms with Crippen LogP contribution in [0.1, 0.15) is 0 Å². The molecule has 0 aliphatic heterocycles. The quantitative estimate of drug-likeness (QED) is 0.345. The van der Waals surface area contributed by atoms with E-state index in [1.807, 2.05) is 0 Å². The molecule has 0 fully saturated rings. The van der Waals surface area contributed by atoms with Crippen molar-refractivity contribution < 1.29 is 49.8 Å². The Bertz CT molecular complexity index is 339. The van der Waals surface area contributed by atoms with Gasteiger partial charge in [0.25, 0.3) is 0 Å². The number of carbonyl (C=O) groups excluding carboxylic acids is 1. The summed E-state index contributed by atoms with van der Waals surface area (Å²) in [5, 5.41) is 30.6. The number of aliphatic hydroxyl groups excluding tert-OH is 1. The Labute approximate surface area is 113 Å². The minimum atomic E-state index is -1.26. The lowest BCUT2D eigenvalue weighted by atomic mass is 10.5. The Morgan fingerprint density at radius 2 is 1.00 bits per heavy atom. The van der Waals surface area contributed by atoms with Crippen LogP contribution in [0.15, 0.2) is 24.3 Å². The third kappa shape index (κ3) is 36.2. The molecule has 6 N–H and O–H groups in total. The van der Waals surface area contributed by atoms with E-state index in [2.05, 4.69) is 4.74 Å². The molecule has 0 atom stereocenters.